The first kappa shape index (κ1) is 12.6. The molecule has 0 amide bonds. The highest BCUT2D eigenvalue weighted by atomic mass is 16.1. The molecule has 4 aliphatic carbocycles. The Morgan fingerprint density at radius 1 is 1.15 bits per heavy atom. The molecule has 1 heterocycles. The second-order valence-corrected chi connectivity index (χ2v) is 8.48. The van der Waals surface area contributed by atoms with Crippen molar-refractivity contribution in [3.05, 3.63) is 30.1 Å². The van der Waals surface area contributed by atoms with Gasteiger partial charge in [-0.05, 0) is 67.4 Å². The van der Waals surface area contributed by atoms with Crippen LogP contribution in [0.1, 0.15) is 62.7 Å². The summed E-state index contributed by atoms with van der Waals surface area (Å²) in [5.41, 5.74) is 1.52. The predicted molar refractivity (Wildman–Crippen MR) is 78.4 cm³/mol. The molecule has 4 aliphatic rings. The van der Waals surface area contributed by atoms with Crippen LogP contribution in [0.15, 0.2) is 24.5 Å². The van der Waals surface area contributed by atoms with Crippen molar-refractivity contribution >= 4 is 5.78 Å². The summed E-state index contributed by atoms with van der Waals surface area (Å²) in [6.45, 7) is 4.84. The second kappa shape index (κ2) is 3.72. The average Bonchev–Trinajstić information content (AvgIpc) is 2.34. The lowest BCUT2D eigenvalue weighted by molar-refractivity contribution is -0.125. The van der Waals surface area contributed by atoms with E-state index in [-0.39, 0.29) is 5.41 Å². The van der Waals surface area contributed by atoms with Gasteiger partial charge in [-0.2, -0.15) is 0 Å². The summed E-state index contributed by atoms with van der Waals surface area (Å²) < 4.78 is 0. The molecule has 0 saturated heterocycles. The Kier molecular flexibility index (Phi) is 2.33. The fourth-order valence-corrected chi connectivity index (χ4v) is 6.50. The minimum Gasteiger partial charge on any atom is -0.293 e. The van der Waals surface area contributed by atoms with E-state index in [0.717, 1.165) is 30.7 Å². The van der Waals surface area contributed by atoms with E-state index in [1.165, 1.54) is 19.3 Å². The van der Waals surface area contributed by atoms with Crippen molar-refractivity contribution in [2.75, 3.05) is 0 Å². The quantitative estimate of drug-likeness (QED) is 0.751. The van der Waals surface area contributed by atoms with Crippen LogP contribution in [0.2, 0.25) is 0 Å². The molecule has 2 atom stereocenters. The normalized spacial score (nSPS) is 45.6. The van der Waals surface area contributed by atoms with E-state index in [1.54, 1.807) is 12.4 Å². The molecule has 1 aromatic rings. The topological polar surface area (TPSA) is 30.0 Å². The minimum atomic E-state index is -0.0913. The molecule has 0 N–H and O–H groups in total. The minimum absolute atomic E-state index is 0.0913. The summed E-state index contributed by atoms with van der Waals surface area (Å²) in [6, 6.07) is 3.83. The molecule has 4 fully saturated rings. The van der Waals surface area contributed by atoms with Gasteiger partial charge in [0.05, 0.1) is 0 Å². The Morgan fingerprint density at radius 2 is 1.85 bits per heavy atom. The molecule has 1 aromatic heterocycles. The van der Waals surface area contributed by atoms with Crippen molar-refractivity contribution < 1.29 is 4.79 Å². The van der Waals surface area contributed by atoms with E-state index in [4.69, 9.17) is 0 Å². The molecular weight excluding hydrogens is 246 g/mol. The van der Waals surface area contributed by atoms with E-state index in [9.17, 15) is 4.79 Å². The maximum atomic E-state index is 13.1. The predicted octanol–water partition coefficient (Wildman–Crippen LogP) is 4.26. The Morgan fingerprint density at radius 3 is 2.40 bits per heavy atom. The zero-order valence-corrected chi connectivity index (χ0v) is 12.5. The Labute approximate surface area is 121 Å². The lowest BCUT2D eigenvalue weighted by atomic mass is 9.39. The highest BCUT2D eigenvalue weighted by molar-refractivity contribution is 6.00. The Balaban J connectivity index is 1.76. The fraction of sp³-hybridized carbons (Fsp3) is 0.667. The van der Waals surface area contributed by atoms with Crippen LogP contribution in [-0.2, 0) is 0 Å². The van der Waals surface area contributed by atoms with Crippen LogP contribution in [0.25, 0.3) is 0 Å². The summed E-state index contributed by atoms with van der Waals surface area (Å²) in [4.78, 5) is 17.3. The molecule has 0 aromatic carbocycles. The largest absolute Gasteiger partial charge is 0.293 e. The molecule has 106 valence electrons. The molecule has 0 radical (unpaired) electrons. The summed E-state index contributed by atoms with van der Waals surface area (Å²) in [6.07, 6.45) is 10.8. The molecule has 2 unspecified atom stereocenters. The van der Waals surface area contributed by atoms with Crippen molar-refractivity contribution in [3.8, 4) is 0 Å². The van der Waals surface area contributed by atoms with Crippen molar-refractivity contribution in [2.45, 2.75) is 52.4 Å². The third kappa shape index (κ3) is 1.70. The molecule has 0 aliphatic heterocycles. The van der Waals surface area contributed by atoms with Gasteiger partial charge in [0.2, 0.25) is 0 Å². The van der Waals surface area contributed by atoms with E-state index in [2.05, 4.69) is 18.8 Å². The van der Waals surface area contributed by atoms with Crippen LogP contribution in [0, 0.1) is 22.2 Å². The van der Waals surface area contributed by atoms with Gasteiger partial charge in [0, 0.05) is 23.4 Å². The van der Waals surface area contributed by atoms with Crippen LogP contribution < -0.4 is 0 Å². The number of aromatic nitrogens is 1. The summed E-state index contributed by atoms with van der Waals surface area (Å²) >= 11 is 0. The first-order valence-electron chi connectivity index (χ1n) is 7.87. The van der Waals surface area contributed by atoms with Gasteiger partial charge in [0.15, 0.2) is 5.78 Å². The van der Waals surface area contributed by atoms with Crippen LogP contribution in [0.4, 0.5) is 0 Å². The Hall–Kier alpha value is -1.18. The molecule has 5 rings (SSSR count). The third-order valence-corrected chi connectivity index (χ3v) is 6.03. The zero-order chi connectivity index (χ0) is 14.0. The number of hydrogen-bond acceptors (Lipinski definition) is 2. The van der Waals surface area contributed by atoms with Crippen molar-refractivity contribution in [1.82, 2.24) is 4.98 Å². The maximum Gasteiger partial charge on any atom is 0.170 e. The number of carbonyl (C=O) groups is 1. The van der Waals surface area contributed by atoms with Gasteiger partial charge < -0.3 is 0 Å². The monoisotopic (exact) mass is 269 g/mol. The van der Waals surface area contributed by atoms with Crippen LogP contribution in [-0.4, -0.2) is 10.8 Å². The van der Waals surface area contributed by atoms with Gasteiger partial charge in [0.1, 0.15) is 0 Å². The van der Waals surface area contributed by atoms with Crippen molar-refractivity contribution in [1.29, 1.82) is 0 Å². The lowest BCUT2D eigenvalue weighted by Crippen LogP contribution is -2.57. The van der Waals surface area contributed by atoms with Crippen molar-refractivity contribution in [3.63, 3.8) is 0 Å². The molecule has 4 bridgehead atoms. The lowest BCUT2D eigenvalue weighted by Gasteiger charge is -2.64. The molecule has 2 nitrogen and oxygen atoms in total. The Bertz CT molecular complexity index is 546. The standard InChI is InChI=1S/C18H23NO/c1-16-6-13-7-17(2,10-16)12-18(8-13,11-16)15(20)14-4-3-5-19-9-14/h3-5,9,13H,6-8,10-12H2,1-2H3. The van der Waals surface area contributed by atoms with E-state index in [0.29, 0.717) is 16.6 Å². The summed E-state index contributed by atoms with van der Waals surface area (Å²) in [5.74, 6) is 1.13. The summed E-state index contributed by atoms with van der Waals surface area (Å²) in [7, 11) is 0. The highest BCUT2D eigenvalue weighted by Gasteiger charge is 2.62. The molecule has 20 heavy (non-hydrogen) atoms. The molecular formula is C18H23NO. The number of ketones is 1. The first-order valence-corrected chi connectivity index (χ1v) is 7.87. The zero-order valence-electron chi connectivity index (χ0n) is 12.5. The maximum absolute atomic E-state index is 13.1. The SMILES string of the molecule is CC12CC3CC(C)(C1)CC(C(=O)c1cccnc1)(C3)C2. The van der Waals surface area contributed by atoms with Gasteiger partial charge in [0.25, 0.3) is 0 Å². The second-order valence-electron chi connectivity index (χ2n) is 8.48. The smallest absolute Gasteiger partial charge is 0.170 e. The third-order valence-electron chi connectivity index (χ3n) is 6.03. The fourth-order valence-electron chi connectivity index (χ4n) is 6.50. The van der Waals surface area contributed by atoms with Crippen LogP contribution in [0.3, 0.4) is 0 Å². The first-order chi connectivity index (χ1) is 9.42. The number of Topliss-reactive ketones (excluding diaryl/α,β-unsaturated/α-hetero) is 1. The number of hydrogen-bond donors (Lipinski definition) is 0. The van der Waals surface area contributed by atoms with Crippen LogP contribution in [0.5, 0.6) is 0 Å². The van der Waals surface area contributed by atoms with Gasteiger partial charge in [-0.3, -0.25) is 9.78 Å². The molecule has 0 spiro atoms. The average molecular weight is 269 g/mol. The number of carbonyl (C=O) groups excluding carboxylic acids is 1. The number of nitrogens with zero attached hydrogens (tertiary/aromatic N) is 1. The number of pyridine rings is 1. The van der Waals surface area contributed by atoms with Gasteiger partial charge in [-0.25, -0.2) is 0 Å². The van der Waals surface area contributed by atoms with Gasteiger partial charge in [-0.15, -0.1) is 0 Å². The molecule has 2 heteroatoms. The molecule has 4 saturated carbocycles. The van der Waals surface area contributed by atoms with E-state index >= 15 is 0 Å². The van der Waals surface area contributed by atoms with Gasteiger partial charge in [-0.1, -0.05) is 13.8 Å². The highest BCUT2D eigenvalue weighted by Crippen LogP contribution is 2.70. The summed E-state index contributed by atoms with van der Waals surface area (Å²) in [5, 5.41) is 0. The van der Waals surface area contributed by atoms with Crippen LogP contribution >= 0.6 is 0 Å². The van der Waals surface area contributed by atoms with Gasteiger partial charge >= 0.3 is 0 Å². The number of rotatable bonds is 2. The van der Waals surface area contributed by atoms with E-state index in [1.807, 2.05) is 12.1 Å². The van der Waals surface area contributed by atoms with E-state index < -0.39 is 0 Å². The van der Waals surface area contributed by atoms with Crippen molar-refractivity contribution in [2.24, 2.45) is 22.2 Å².